The van der Waals surface area contributed by atoms with Gasteiger partial charge in [0.25, 0.3) is 0 Å². The predicted octanol–water partition coefficient (Wildman–Crippen LogP) is 4.78. The fraction of sp³-hybridized carbons (Fsp3) is 0.463. The van der Waals surface area contributed by atoms with Gasteiger partial charge in [0, 0.05) is 75.1 Å². The van der Waals surface area contributed by atoms with E-state index in [1.807, 2.05) is 6.07 Å². The molecule has 60 heavy (non-hydrogen) atoms. The third kappa shape index (κ3) is 13.6. The van der Waals surface area contributed by atoms with E-state index in [1.165, 1.54) is 54.2 Å². The summed E-state index contributed by atoms with van der Waals surface area (Å²) in [7, 11) is 2.06. The van der Waals surface area contributed by atoms with Gasteiger partial charge in [0.05, 0.1) is 43.1 Å². The number of thioether (sulfide) groups is 1. The molecule has 2 aromatic carbocycles. The van der Waals surface area contributed by atoms with Crippen LogP contribution in [0.4, 0.5) is 18.0 Å². The van der Waals surface area contributed by atoms with Crippen molar-refractivity contribution in [3.8, 4) is 6.07 Å². The SMILES string of the molecule is CC(OC(=O)CCC(=O)NCCN1CCN(C)CC1)OC(=O)OC(Cn1cncn1)(c1ccc(F)cc1F)C(C)SC1COC(C=CC=Cc2ccc(C#N)cc2F)OC1. The molecule has 3 heterocycles. The Labute approximate surface area is 350 Å². The Morgan fingerprint density at radius 3 is 2.48 bits per heavy atom. The lowest BCUT2D eigenvalue weighted by Crippen LogP contribution is -2.47. The molecule has 3 atom stereocenters. The van der Waals surface area contributed by atoms with Gasteiger partial charge in [-0.15, -0.1) is 11.8 Å². The number of hydrogen-bond donors (Lipinski definition) is 1. The summed E-state index contributed by atoms with van der Waals surface area (Å²) in [6.45, 7) is 7.87. The normalized spacial score (nSPS) is 19.6. The van der Waals surface area contributed by atoms with Gasteiger partial charge in [-0.2, -0.15) is 10.4 Å². The van der Waals surface area contributed by atoms with Crippen molar-refractivity contribution in [1.29, 1.82) is 5.26 Å². The van der Waals surface area contributed by atoms with Gasteiger partial charge in [-0.3, -0.25) is 14.5 Å². The lowest BCUT2D eigenvalue weighted by atomic mass is 9.89. The van der Waals surface area contributed by atoms with Crippen molar-refractivity contribution in [3.63, 3.8) is 0 Å². The molecule has 322 valence electrons. The first kappa shape index (κ1) is 45.8. The molecule has 1 amide bonds. The molecule has 0 spiro atoms. The zero-order valence-electron chi connectivity index (χ0n) is 33.5. The number of benzene rings is 2. The van der Waals surface area contributed by atoms with Crippen molar-refractivity contribution in [1.82, 2.24) is 29.9 Å². The van der Waals surface area contributed by atoms with Crippen LogP contribution in [0.5, 0.6) is 0 Å². The molecule has 2 aliphatic heterocycles. The largest absolute Gasteiger partial charge is 0.512 e. The van der Waals surface area contributed by atoms with Crippen LogP contribution in [0.3, 0.4) is 0 Å². The van der Waals surface area contributed by atoms with Gasteiger partial charge in [0.2, 0.25) is 12.2 Å². The number of esters is 1. The minimum atomic E-state index is -1.92. The van der Waals surface area contributed by atoms with Gasteiger partial charge in [0.15, 0.2) is 11.9 Å². The Morgan fingerprint density at radius 2 is 1.80 bits per heavy atom. The maximum atomic E-state index is 15.8. The van der Waals surface area contributed by atoms with E-state index in [0.29, 0.717) is 24.7 Å². The Balaban J connectivity index is 1.19. The molecular weight excluding hydrogens is 808 g/mol. The second kappa shape index (κ2) is 22.4. The van der Waals surface area contributed by atoms with Crippen molar-refractivity contribution < 1.29 is 51.2 Å². The van der Waals surface area contributed by atoms with Gasteiger partial charge in [-0.1, -0.05) is 24.3 Å². The number of halogens is 3. The molecule has 2 fully saturated rings. The predicted molar refractivity (Wildman–Crippen MR) is 213 cm³/mol. The van der Waals surface area contributed by atoms with Crippen molar-refractivity contribution >= 4 is 35.9 Å². The standard InChI is InChI=1S/C41H48F3N7O8S/c1-28(60-33-23-55-39(56-24-33)7-5-4-6-31-9-8-30(22-45)20-35(31)43)41(25-51-27-46-26-48-51,34-11-10-32(42)21-36(34)44)59-40(54)58-29(2)57-38(53)13-12-37(52)47-14-15-50-18-16-49(3)17-19-50/h4-11,20-21,26-29,33,39H,12-19,23-25H2,1-3H3,(H,47,52). The molecule has 3 aromatic rings. The van der Waals surface area contributed by atoms with Crippen LogP contribution in [0.2, 0.25) is 0 Å². The maximum Gasteiger partial charge on any atom is 0.512 e. The number of nitrogens with one attached hydrogen (secondary N) is 1. The van der Waals surface area contributed by atoms with Crippen molar-refractivity contribution in [2.45, 2.75) is 61.9 Å². The highest BCUT2D eigenvalue weighted by Crippen LogP contribution is 2.42. The van der Waals surface area contributed by atoms with Crippen molar-refractivity contribution in [3.05, 3.63) is 101 Å². The van der Waals surface area contributed by atoms with Crippen molar-refractivity contribution in [2.24, 2.45) is 0 Å². The monoisotopic (exact) mass is 855 g/mol. The van der Waals surface area contributed by atoms with Gasteiger partial charge < -0.3 is 33.9 Å². The number of carbonyl (C=O) groups excluding carboxylic acids is 3. The fourth-order valence-electron chi connectivity index (χ4n) is 6.43. The number of amides is 1. The summed E-state index contributed by atoms with van der Waals surface area (Å²) < 4.78 is 73.8. The molecule has 1 aromatic heterocycles. The smallest absolute Gasteiger partial charge is 0.425 e. The first-order valence-electron chi connectivity index (χ1n) is 19.3. The number of allylic oxidation sites excluding steroid dienone is 2. The van der Waals surface area contributed by atoms with E-state index in [1.54, 1.807) is 25.2 Å². The Bertz CT molecular complexity index is 2000. The van der Waals surface area contributed by atoms with E-state index in [4.69, 9.17) is 28.9 Å². The summed E-state index contributed by atoms with van der Waals surface area (Å²) in [5.74, 6) is -3.52. The summed E-state index contributed by atoms with van der Waals surface area (Å²) >= 11 is 1.25. The number of carbonyl (C=O) groups is 3. The topological polar surface area (TPSA) is 170 Å². The maximum absolute atomic E-state index is 15.8. The lowest BCUT2D eigenvalue weighted by molar-refractivity contribution is -0.172. The average Bonchev–Trinajstić information content (AvgIpc) is 3.73. The van der Waals surface area contributed by atoms with Crippen LogP contribution in [0.15, 0.2) is 67.3 Å². The molecule has 0 bridgehead atoms. The minimum Gasteiger partial charge on any atom is -0.425 e. The molecule has 19 heteroatoms. The highest BCUT2D eigenvalue weighted by Gasteiger charge is 2.47. The zero-order valence-corrected chi connectivity index (χ0v) is 34.3. The summed E-state index contributed by atoms with van der Waals surface area (Å²) in [5, 5.41) is 14.7. The van der Waals surface area contributed by atoms with Gasteiger partial charge in [-0.25, -0.2) is 27.6 Å². The number of aromatic nitrogens is 3. The molecule has 0 radical (unpaired) electrons. The van der Waals surface area contributed by atoms with E-state index in [2.05, 4.69) is 32.2 Å². The number of piperazine rings is 1. The van der Waals surface area contributed by atoms with Crippen LogP contribution in [-0.2, 0) is 45.4 Å². The molecule has 2 saturated heterocycles. The highest BCUT2D eigenvalue weighted by atomic mass is 32.2. The number of likely N-dealkylation sites (N-methyl/N-ethyl adjacent to an activating group) is 1. The van der Waals surface area contributed by atoms with E-state index in [-0.39, 0.29) is 54.9 Å². The third-order valence-corrected chi connectivity index (χ3v) is 11.2. The lowest BCUT2D eigenvalue weighted by Gasteiger charge is -2.40. The highest BCUT2D eigenvalue weighted by molar-refractivity contribution is 8.00. The van der Waals surface area contributed by atoms with E-state index >= 15 is 4.39 Å². The summed E-state index contributed by atoms with van der Waals surface area (Å²) in [4.78, 5) is 46.9. The first-order valence-corrected chi connectivity index (χ1v) is 20.3. The quantitative estimate of drug-likeness (QED) is 0.105. The number of nitriles is 1. The third-order valence-electron chi connectivity index (χ3n) is 9.71. The van der Waals surface area contributed by atoms with Crippen molar-refractivity contribution in [2.75, 3.05) is 59.5 Å². The van der Waals surface area contributed by atoms with Crippen LogP contribution >= 0.6 is 11.8 Å². The summed E-state index contributed by atoms with van der Waals surface area (Å²) in [5.41, 5.74) is -1.59. The number of hydrogen-bond acceptors (Lipinski definition) is 14. The molecule has 0 saturated carbocycles. The second-order valence-corrected chi connectivity index (χ2v) is 15.8. The molecule has 1 N–H and O–H groups in total. The van der Waals surface area contributed by atoms with Crippen LogP contribution in [0.1, 0.15) is 43.4 Å². The molecule has 0 aliphatic carbocycles. The Kier molecular flexibility index (Phi) is 17.1. The zero-order chi connectivity index (χ0) is 43.1. The van der Waals surface area contributed by atoms with E-state index < -0.39 is 53.0 Å². The second-order valence-electron chi connectivity index (χ2n) is 14.2. The Hall–Kier alpha value is -5.26. The number of rotatable bonds is 18. The number of ether oxygens (including phenoxy) is 5. The van der Waals surface area contributed by atoms with E-state index in [0.717, 1.165) is 44.4 Å². The minimum absolute atomic E-state index is 0.137. The van der Waals surface area contributed by atoms with Crippen LogP contribution in [0, 0.1) is 28.8 Å². The van der Waals surface area contributed by atoms with Gasteiger partial charge >= 0.3 is 12.1 Å². The van der Waals surface area contributed by atoms with Gasteiger partial charge in [0.1, 0.15) is 30.1 Å². The van der Waals surface area contributed by atoms with Gasteiger partial charge in [-0.05, 0) is 44.3 Å². The van der Waals surface area contributed by atoms with Crippen LogP contribution in [-0.4, -0.2) is 125 Å². The molecule has 5 rings (SSSR count). The molecule has 2 aliphatic rings. The summed E-state index contributed by atoms with van der Waals surface area (Å²) in [6.07, 6.45) is 5.04. The molecule has 3 unspecified atom stereocenters. The molecule has 15 nitrogen and oxygen atoms in total. The fourth-order valence-corrected chi connectivity index (χ4v) is 7.79. The average molecular weight is 856 g/mol. The number of nitrogens with zero attached hydrogens (tertiary/aromatic N) is 6. The van der Waals surface area contributed by atoms with Crippen LogP contribution < -0.4 is 5.32 Å². The Morgan fingerprint density at radius 1 is 1.03 bits per heavy atom. The summed E-state index contributed by atoms with van der Waals surface area (Å²) in [6, 6.07) is 8.90. The van der Waals surface area contributed by atoms with E-state index in [9.17, 15) is 23.2 Å². The molecular formula is C41H48F3N7O8S. The first-order chi connectivity index (χ1) is 28.8. The van der Waals surface area contributed by atoms with Crippen LogP contribution in [0.25, 0.3) is 6.08 Å².